The van der Waals surface area contributed by atoms with Crippen LogP contribution in [-0.4, -0.2) is 45.9 Å². The van der Waals surface area contributed by atoms with E-state index in [1.807, 2.05) is 28.8 Å². The first kappa shape index (κ1) is 21.8. The van der Waals surface area contributed by atoms with E-state index in [1.165, 1.54) is 0 Å². The first-order valence-electron chi connectivity index (χ1n) is 10.9. The molecule has 1 fully saturated rings. The van der Waals surface area contributed by atoms with E-state index in [0.29, 0.717) is 13.1 Å². The van der Waals surface area contributed by atoms with E-state index in [-0.39, 0.29) is 24.3 Å². The number of para-hydroxylation sites is 2. The Morgan fingerprint density at radius 3 is 2.57 bits per heavy atom. The van der Waals surface area contributed by atoms with Gasteiger partial charge < -0.3 is 14.8 Å². The van der Waals surface area contributed by atoms with Gasteiger partial charge >= 0.3 is 0 Å². The van der Waals surface area contributed by atoms with Crippen molar-refractivity contribution in [1.29, 1.82) is 0 Å². The Morgan fingerprint density at radius 1 is 1.13 bits per heavy atom. The summed E-state index contributed by atoms with van der Waals surface area (Å²) in [5.74, 6) is 1.44. The van der Waals surface area contributed by atoms with Crippen molar-refractivity contribution in [2.45, 2.75) is 45.1 Å². The number of unbranched alkanes of at least 4 members (excludes halogenated alkanes) is 2. The van der Waals surface area contributed by atoms with Crippen molar-refractivity contribution in [2.24, 2.45) is 5.92 Å². The molecule has 0 aliphatic heterocycles. The molecule has 1 aromatic carbocycles. The van der Waals surface area contributed by atoms with Gasteiger partial charge in [0.1, 0.15) is 12.4 Å². The lowest BCUT2D eigenvalue weighted by molar-refractivity contribution is -0.130. The fraction of sp³-hybridized carbons (Fsp3) is 0.458. The second-order valence-electron chi connectivity index (χ2n) is 7.85. The molecule has 1 aliphatic carbocycles. The number of carbonyl (C=O) groups is 2. The predicted molar refractivity (Wildman–Crippen MR) is 120 cm³/mol. The highest BCUT2D eigenvalue weighted by Gasteiger charge is 2.28. The van der Waals surface area contributed by atoms with E-state index in [2.05, 4.69) is 18.5 Å². The minimum absolute atomic E-state index is 0.0296. The molecule has 0 atom stereocenters. The monoisotopic (exact) mass is 408 g/mol. The summed E-state index contributed by atoms with van der Waals surface area (Å²) in [5, 5.41) is 3.01. The highest BCUT2D eigenvalue weighted by Crippen LogP contribution is 2.28. The Bertz CT molecular complexity index is 888. The average Bonchev–Trinajstić information content (AvgIpc) is 3.54. The maximum atomic E-state index is 12.9. The van der Waals surface area contributed by atoms with Crippen molar-refractivity contribution in [3.63, 3.8) is 0 Å². The lowest BCUT2D eigenvalue weighted by atomic mass is 10.2. The molecule has 2 amide bonds. The number of nitrogens with one attached hydrogen (secondary N) is 1. The van der Waals surface area contributed by atoms with Gasteiger partial charge in [0.2, 0.25) is 11.8 Å². The molecule has 0 bridgehead atoms. The second-order valence-corrected chi connectivity index (χ2v) is 7.85. The Balaban J connectivity index is 1.59. The van der Waals surface area contributed by atoms with Gasteiger partial charge in [-0.15, -0.1) is 13.2 Å². The zero-order valence-corrected chi connectivity index (χ0v) is 17.7. The van der Waals surface area contributed by atoms with Crippen LogP contribution in [0.15, 0.2) is 49.6 Å². The highest BCUT2D eigenvalue weighted by molar-refractivity contribution is 5.81. The fourth-order valence-electron chi connectivity index (χ4n) is 3.60. The van der Waals surface area contributed by atoms with Crippen molar-refractivity contribution in [3.8, 4) is 0 Å². The maximum Gasteiger partial charge on any atom is 0.243 e. The van der Waals surface area contributed by atoms with Crippen LogP contribution in [0.2, 0.25) is 0 Å². The molecule has 1 aliphatic rings. The summed E-state index contributed by atoms with van der Waals surface area (Å²) in [4.78, 5) is 31.1. The van der Waals surface area contributed by atoms with Gasteiger partial charge in [-0.25, -0.2) is 4.98 Å². The lowest BCUT2D eigenvalue weighted by Gasteiger charge is -2.20. The minimum Gasteiger partial charge on any atom is -0.356 e. The number of carbonyl (C=O) groups excluding carboxylic acids is 2. The number of imidazole rings is 1. The van der Waals surface area contributed by atoms with Gasteiger partial charge in [0.05, 0.1) is 11.0 Å². The SMILES string of the molecule is C=CCN(CC=C)C(=O)Cn1c(CCCCCNC(=O)C2CC2)nc2ccccc21. The van der Waals surface area contributed by atoms with Gasteiger partial charge in [0, 0.05) is 32.0 Å². The van der Waals surface area contributed by atoms with Gasteiger partial charge in [-0.1, -0.05) is 30.7 Å². The first-order chi connectivity index (χ1) is 14.6. The number of fused-ring (bicyclic) bond motifs is 1. The summed E-state index contributed by atoms with van der Waals surface area (Å²) in [6.45, 7) is 9.49. The molecule has 1 N–H and O–H groups in total. The number of nitrogens with zero attached hydrogens (tertiary/aromatic N) is 3. The molecule has 30 heavy (non-hydrogen) atoms. The molecular formula is C24H32N4O2. The normalized spacial score (nSPS) is 13.2. The van der Waals surface area contributed by atoms with E-state index in [9.17, 15) is 9.59 Å². The third-order valence-electron chi connectivity index (χ3n) is 5.40. The molecule has 6 nitrogen and oxygen atoms in total. The average molecular weight is 409 g/mol. The number of benzene rings is 1. The largest absolute Gasteiger partial charge is 0.356 e. The molecule has 0 spiro atoms. The van der Waals surface area contributed by atoms with Gasteiger partial charge in [0.15, 0.2) is 0 Å². The molecule has 160 valence electrons. The number of hydrogen-bond donors (Lipinski definition) is 1. The van der Waals surface area contributed by atoms with E-state index in [0.717, 1.165) is 61.9 Å². The van der Waals surface area contributed by atoms with E-state index >= 15 is 0 Å². The summed E-state index contributed by atoms with van der Waals surface area (Å²) in [5.41, 5.74) is 1.89. The maximum absolute atomic E-state index is 12.9. The fourth-order valence-corrected chi connectivity index (χ4v) is 3.60. The number of amides is 2. The molecule has 6 heteroatoms. The van der Waals surface area contributed by atoms with Crippen LogP contribution in [-0.2, 0) is 22.6 Å². The third kappa shape index (κ3) is 5.81. The van der Waals surface area contributed by atoms with Gasteiger partial charge in [-0.05, 0) is 37.8 Å². The molecule has 2 aromatic rings. The Kier molecular flexibility index (Phi) is 7.82. The second kappa shape index (κ2) is 10.8. The van der Waals surface area contributed by atoms with Crippen LogP contribution in [0.4, 0.5) is 0 Å². The molecular weight excluding hydrogens is 376 g/mol. The van der Waals surface area contributed by atoms with Gasteiger partial charge in [-0.2, -0.15) is 0 Å². The van der Waals surface area contributed by atoms with Crippen LogP contribution < -0.4 is 5.32 Å². The highest BCUT2D eigenvalue weighted by atomic mass is 16.2. The van der Waals surface area contributed by atoms with Crippen LogP contribution in [0, 0.1) is 5.92 Å². The Hall–Kier alpha value is -2.89. The van der Waals surface area contributed by atoms with Crippen LogP contribution >= 0.6 is 0 Å². The summed E-state index contributed by atoms with van der Waals surface area (Å²) in [6.07, 6.45) is 9.30. The standard InChI is InChI=1S/C24H32N4O2/c1-3-16-27(17-4-2)23(29)18-28-21-11-8-7-10-20(21)26-22(28)12-6-5-9-15-25-24(30)19-13-14-19/h3-4,7-8,10-11,19H,1-2,5-6,9,12-18H2,(H,25,30). The molecule has 3 rings (SSSR count). The number of rotatable bonds is 13. The van der Waals surface area contributed by atoms with Crippen LogP contribution in [0.3, 0.4) is 0 Å². The van der Waals surface area contributed by atoms with Gasteiger partial charge in [0.25, 0.3) is 0 Å². The van der Waals surface area contributed by atoms with Crippen LogP contribution in [0.1, 0.15) is 37.9 Å². The summed E-state index contributed by atoms with van der Waals surface area (Å²) in [7, 11) is 0. The molecule has 1 aromatic heterocycles. The first-order valence-corrected chi connectivity index (χ1v) is 10.9. The predicted octanol–water partition coefficient (Wildman–Crippen LogP) is 3.48. The minimum atomic E-state index is 0.0296. The van der Waals surface area contributed by atoms with Crippen LogP contribution in [0.25, 0.3) is 11.0 Å². The topological polar surface area (TPSA) is 67.2 Å². The van der Waals surface area contributed by atoms with Crippen molar-refractivity contribution in [3.05, 3.63) is 55.4 Å². The molecule has 1 saturated carbocycles. The van der Waals surface area contributed by atoms with E-state index in [1.54, 1.807) is 17.1 Å². The van der Waals surface area contributed by atoms with Crippen molar-refractivity contribution >= 4 is 22.8 Å². The quantitative estimate of drug-likeness (QED) is 0.408. The zero-order valence-electron chi connectivity index (χ0n) is 17.7. The molecule has 0 radical (unpaired) electrons. The summed E-state index contributed by atoms with van der Waals surface area (Å²) in [6, 6.07) is 7.94. The van der Waals surface area contributed by atoms with E-state index in [4.69, 9.17) is 4.98 Å². The number of aromatic nitrogens is 2. The smallest absolute Gasteiger partial charge is 0.243 e. The van der Waals surface area contributed by atoms with E-state index < -0.39 is 0 Å². The number of hydrogen-bond acceptors (Lipinski definition) is 3. The molecule has 0 saturated heterocycles. The molecule has 0 unspecified atom stereocenters. The van der Waals surface area contributed by atoms with Crippen molar-refractivity contribution < 1.29 is 9.59 Å². The van der Waals surface area contributed by atoms with Crippen molar-refractivity contribution in [2.75, 3.05) is 19.6 Å². The van der Waals surface area contributed by atoms with Crippen molar-refractivity contribution in [1.82, 2.24) is 19.8 Å². The molecule has 1 heterocycles. The van der Waals surface area contributed by atoms with Crippen LogP contribution in [0.5, 0.6) is 0 Å². The summed E-state index contributed by atoms with van der Waals surface area (Å²) >= 11 is 0. The summed E-state index contributed by atoms with van der Waals surface area (Å²) < 4.78 is 2.03. The lowest BCUT2D eigenvalue weighted by Crippen LogP contribution is -2.34. The number of aryl methyl sites for hydroxylation is 1. The third-order valence-corrected chi connectivity index (χ3v) is 5.40. The Labute approximate surface area is 178 Å². The Morgan fingerprint density at radius 2 is 1.87 bits per heavy atom. The van der Waals surface area contributed by atoms with Gasteiger partial charge in [-0.3, -0.25) is 9.59 Å². The zero-order chi connectivity index (χ0) is 21.3.